The number of aromatic nitrogens is 1. The van der Waals surface area contributed by atoms with E-state index in [1.165, 1.54) is 23.5 Å². The van der Waals surface area contributed by atoms with Gasteiger partial charge in [0.15, 0.2) is 0 Å². The molecule has 178 valence electrons. The van der Waals surface area contributed by atoms with Crippen LogP contribution in [0.4, 0.5) is 13.2 Å². The van der Waals surface area contributed by atoms with Crippen molar-refractivity contribution in [2.45, 2.75) is 24.9 Å². The first-order valence-electron chi connectivity index (χ1n) is 10.8. The number of amides is 2. The number of carbonyl (C=O) groups excluding carboxylic acids is 2. The van der Waals surface area contributed by atoms with E-state index in [1.807, 2.05) is 0 Å². The number of benzene rings is 2. The van der Waals surface area contributed by atoms with Gasteiger partial charge in [-0.25, -0.2) is 4.98 Å². The maximum Gasteiger partial charge on any atom is 0.416 e. The van der Waals surface area contributed by atoms with Crippen molar-refractivity contribution in [3.05, 3.63) is 75.7 Å². The summed E-state index contributed by atoms with van der Waals surface area (Å²) in [5.74, 6) is -0.313. The largest absolute Gasteiger partial charge is 0.416 e. The minimum Gasteiger partial charge on any atom is -0.339 e. The third-order valence-electron chi connectivity index (χ3n) is 5.83. The maximum absolute atomic E-state index is 13.3. The molecule has 1 aromatic heterocycles. The number of hydrogen-bond donors (Lipinski definition) is 2. The topological polar surface area (TPSA) is 88.3 Å². The Labute approximate surface area is 198 Å². The molecule has 10 heteroatoms. The minimum absolute atomic E-state index is 0.0418. The first-order chi connectivity index (χ1) is 16.3. The van der Waals surface area contributed by atoms with Crippen molar-refractivity contribution in [2.24, 2.45) is 5.73 Å². The monoisotopic (exact) mass is 488 g/mol. The van der Waals surface area contributed by atoms with Gasteiger partial charge in [-0.05, 0) is 42.2 Å². The molecule has 1 fully saturated rings. The smallest absolute Gasteiger partial charge is 0.339 e. The predicted molar refractivity (Wildman–Crippen MR) is 123 cm³/mol. The molecule has 0 unspecified atom stereocenters. The van der Waals surface area contributed by atoms with Crippen molar-refractivity contribution in [1.82, 2.24) is 15.2 Å². The van der Waals surface area contributed by atoms with E-state index in [0.717, 1.165) is 17.1 Å². The summed E-state index contributed by atoms with van der Waals surface area (Å²) < 4.78 is 38.7. The molecule has 2 amide bonds. The van der Waals surface area contributed by atoms with Crippen LogP contribution in [0.2, 0.25) is 0 Å². The molecule has 0 spiro atoms. The van der Waals surface area contributed by atoms with Gasteiger partial charge in [0, 0.05) is 30.0 Å². The molecule has 0 saturated carbocycles. The summed E-state index contributed by atoms with van der Waals surface area (Å²) in [5.41, 5.74) is 6.56. The second-order valence-electron chi connectivity index (χ2n) is 7.97. The molecular weight excluding hydrogens is 465 g/mol. The van der Waals surface area contributed by atoms with Crippen molar-refractivity contribution in [1.29, 1.82) is 0 Å². The number of nitrogens with one attached hydrogen (secondary N) is 1. The quantitative estimate of drug-likeness (QED) is 0.518. The lowest BCUT2D eigenvalue weighted by atomic mass is 9.94. The van der Waals surface area contributed by atoms with Crippen LogP contribution in [0.5, 0.6) is 0 Å². The molecule has 0 radical (unpaired) electrons. The zero-order chi connectivity index (χ0) is 24.3. The lowest BCUT2D eigenvalue weighted by molar-refractivity contribution is -0.137. The lowest BCUT2D eigenvalue weighted by Gasteiger charge is -2.31. The summed E-state index contributed by atoms with van der Waals surface area (Å²) in [5, 5.41) is 5.09. The van der Waals surface area contributed by atoms with Crippen LogP contribution in [0.1, 0.15) is 50.2 Å². The third-order valence-corrected chi connectivity index (χ3v) is 6.84. The van der Waals surface area contributed by atoms with Crippen LogP contribution in [0.25, 0.3) is 11.1 Å². The lowest BCUT2D eigenvalue weighted by Crippen LogP contribution is -2.38. The van der Waals surface area contributed by atoms with Crippen LogP contribution in [0.3, 0.4) is 0 Å². The molecule has 4 rings (SSSR count). The zero-order valence-electron chi connectivity index (χ0n) is 18.1. The Bertz CT molecular complexity index is 1170. The Hall–Kier alpha value is -3.24. The van der Waals surface area contributed by atoms with Crippen LogP contribution in [-0.2, 0) is 6.18 Å². The number of hydrogen-bond acceptors (Lipinski definition) is 5. The highest BCUT2D eigenvalue weighted by molar-refractivity contribution is 7.09. The summed E-state index contributed by atoms with van der Waals surface area (Å²) in [4.78, 5) is 31.4. The molecule has 2 heterocycles. The van der Waals surface area contributed by atoms with Crippen molar-refractivity contribution >= 4 is 23.2 Å². The first kappa shape index (κ1) is 23.9. The van der Waals surface area contributed by atoms with Gasteiger partial charge >= 0.3 is 6.18 Å². The molecule has 2 aromatic carbocycles. The van der Waals surface area contributed by atoms with Crippen molar-refractivity contribution < 1.29 is 22.8 Å². The molecule has 0 atom stereocenters. The fourth-order valence-electron chi connectivity index (χ4n) is 4.02. The number of rotatable bonds is 5. The van der Waals surface area contributed by atoms with Gasteiger partial charge in [0.05, 0.1) is 17.2 Å². The van der Waals surface area contributed by atoms with E-state index in [9.17, 15) is 22.8 Å². The summed E-state index contributed by atoms with van der Waals surface area (Å²) in [6.45, 7) is 1.09. The molecule has 6 nitrogen and oxygen atoms in total. The van der Waals surface area contributed by atoms with Gasteiger partial charge in [-0.1, -0.05) is 30.3 Å². The average molecular weight is 489 g/mol. The predicted octanol–water partition coefficient (Wildman–Crippen LogP) is 4.49. The Morgan fingerprint density at radius 2 is 1.76 bits per heavy atom. The fourth-order valence-corrected chi connectivity index (χ4v) is 4.99. The van der Waals surface area contributed by atoms with E-state index in [4.69, 9.17) is 5.73 Å². The fraction of sp³-hybridized carbons (Fsp3) is 0.292. The van der Waals surface area contributed by atoms with Crippen LogP contribution in [0.15, 0.2) is 53.9 Å². The normalized spacial score (nSPS) is 14.8. The molecule has 0 aliphatic carbocycles. The number of piperidine rings is 1. The molecular formula is C24H23F3N4O2S. The molecule has 1 saturated heterocycles. The number of alkyl halides is 3. The van der Waals surface area contributed by atoms with Gasteiger partial charge in [0.1, 0.15) is 5.69 Å². The van der Waals surface area contributed by atoms with E-state index in [-0.39, 0.29) is 24.4 Å². The number of thiazole rings is 1. The van der Waals surface area contributed by atoms with Gasteiger partial charge in [0.25, 0.3) is 11.8 Å². The number of halogens is 3. The second kappa shape index (κ2) is 9.94. The summed E-state index contributed by atoms with van der Waals surface area (Å²) in [6.07, 6.45) is -3.00. The van der Waals surface area contributed by atoms with Gasteiger partial charge in [-0.3, -0.25) is 9.59 Å². The molecule has 3 N–H and O–H groups in total. The summed E-state index contributed by atoms with van der Waals surface area (Å²) >= 11 is 1.42. The van der Waals surface area contributed by atoms with Gasteiger partial charge < -0.3 is 16.0 Å². The number of nitrogens with zero attached hydrogens (tertiary/aromatic N) is 2. The highest BCUT2D eigenvalue weighted by atomic mass is 32.1. The highest BCUT2D eigenvalue weighted by Crippen LogP contribution is 2.34. The summed E-state index contributed by atoms with van der Waals surface area (Å²) in [6, 6.07) is 11.8. The Morgan fingerprint density at radius 3 is 2.41 bits per heavy atom. The van der Waals surface area contributed by atoms with Crippen LogP contribution in [-0.4, -0.2) is 41.5 Å². The standard InChI is InChI=1S/C24H23F3N4O2S/c25-24(26,27)17-7-5-15(6-8-17)18-3-1-2-4-19(18)23(33)31-11-9-16(10-12-31)22-30-20(13-34-22)21(32)29-14-28/h1-8,13,16H,9-12,14,28H2,(H,29,32). The molecule has 3 aromatic rings. The van der Waals surface area contributed by atoms with Crippen molar-refractivity contribution in [3.63, 3.8) is 0 Å². The summed E-state index contributed by atoms with van der Waals surface area (Å²) in [7, 11) is 0. The van der Waals surface area contributed by atoms with Crippen molar-refractivity contribution in [2.75, 3.05) is 19.8 Å². The van der Waals surface area contributed by atoms with Crippen LogP contribution < -0.4 is 11.1 Å². The van der Waals surface area contributed by atoms with Crippen molar-refractivity contribution in [3.8, 4) is 11.1 Å². The molecule has 34 heavy (non-hydrogen) atoms. The second-order valence-corrected chi connectivity index (χ2v) is 8.86. The Morgan fingerprint density at radius 1 is 1.09 bits per heavy atom. The van der Waals surface area contributed by atoms with Gasteiger partial charge in [0.2, 0.25) is 0 Å². The zero-order valence-corrected chi connectivity index (χ0v) is 19.0. The van der Waals surface area contributed by atoms with E-state index in [2.05, 4.69) is 10.3 Å². The number of likely N-dealkylation sites (tertiary alicyclic amines) is 1. The first-order valence-corrected chi connectivity index (χ1v) is 11.7. The van der Waals surface area contributed by atoms with Crippen LogP contribution in [0, 0.1) is 0 Å². The van der Waals surface area contributed by atoms with E-state index in [1.54, 1.807) is 34.5 Å². The van der Waals surface area contributed by atoms with Gasteiger partial charge in [-0.15, -0.1) is 11.3 Å². The number of carbonyl (C=O) groups is 2. The highest BCUT2D eigenvalue weighted by Gasteiger charge is 2.31. The molecule has 1 aliphatic heterocycles. The van der Waals surface area contributed by atoms with E-state index < -0.39 is 11.7 Å². The maximum atomic E-state index is 13.3. The van der Waals surface area contributed by atoms with Crippen LogP contribution >= 0.6 is 11.3 Å². The number of nitrogens with two attached hydrogens (primary N) is 1. The minimum atomic E-state index is -4.41. The molecule has 0 bridgehead atoms. The van der Waals surface area contributed by atoms with Gasteiger partial charge in [-0.2, -0.15) is 13.2 Å². The third kappa shape index (κ3) is 5.13. The van der Waals surface area contributed by atoms with E-state index in [0.29, 0.717) is 48.3 Å². The Kier molecular flexibility index (Phi) is 6.99. The molecule has 1 aliphatic rings. The SMILES string of the molecule is NCNC(=O)c1csc(C2CCN(C(=O)c3ccccc3-c3ccc(C(F)(F)F)cc3)CC2)n1. The average Bonchev–Trinajstić information content (AvgIpc) is 3.34. The van der Waals surface area contributed by atoms with E-state index >= 15 is 0 Å². The Balaban J connectivity index is 1.46.